The van der Waals surface area contributed by atoms with Crippen LogP contribution in [0.1, 0.15) is 19.3 Å². The molecule has 21 heavy (non-hydrogen) atoms. The summed E-state index contributed by atoms with van der Waals surface area (Å²) in [5.41, 5.74) is 0. The van der Waals surface area contributed by atoms with Crippen LogP contribution in [0.25, 0.3) is 0 Å². The number of nitro groups is 1. The summed E-state index contributed by atoms with van der Waals surface area (Å²) in [5.74, 6) is -1.51. The van der Waals surface area contributed by atoms with Crippen molar-refractivity contribution in [3.8, 4) is 0 Å². The summed E-state index contributed by atoms with van der Waals surface area (Å²) in [5, 5.41) is 19.3. The number of nitrogens with zero attached hydrogens (tertiary/aromatic N) is 3. The van der Waals surface area contributed by atoms with Crippen LogP contribution in [-0.2, 0) is 14.8 Å². The summed E-state index contributed by atoms with van der Waals surface area (Å²) in [4.78, 5) is 23.9. The molecule has 114 valence electrons. The zero-order valence-electron chi connectivity index (χ0n) is 10.9. The van der Waals surface area contributed by atoms with Crippen LogP contribution >= 0.6 is 0 Å². The highest BCUT2D eigenvalue weighted by Crippen LogP contribution is 2.28. The predicted octanol–water partition coefficient (Wildman–Crippen LogP) is 0.618. The highest BCUT2D eigenvalue weighted by atomic mass is 32.2. The van der Waals surface area contributed by atoms with Crippen molar-refractivity contribution in [2.24, 2.45) is 0 Å². The Hall–Kier alpha value is -2.07. The van der Waals surface area contributed by atoms with E-state index in [0.29, 0.717) is 12.8 Å². The molecule has 2 rings (SSSR count). The van der Waals surface area contributed by atoms with Crippen molar-refractivity contribution in [2.45, 2.75) is 30.2 Å². The van der Waals surface area contributed by atoms with E-state index in [4.69, 9.17) is 5.11 Å². The average molecular weight is 315 g/mol. The quantitative estimate of drug-likeness (QED) is 0.622. The lowest BCUT2D eigenvalue weighted by atomic mass is 10.2. The molecule has 1 N–H and O–H groups in total. The second-order valence-electron chi connectivity index (χ2n) is 4.62. The van der Waals surface area contributed by atoms with Crippen molar-refractivity contribution >= 4 is 21.8 Å². The van der Waals surface area contributed by atoms with E-state index in [1.54, 1.807) is 0 Å². The summed E-state index contributed by atoms with van der Waals surface area (Å²) in [6, 6.07) is 1.52. The van der Waals surface area contributed by atoms with Gasteiger partial charge in [-0.2, -0.15) is 4.31 Å². The van der Waals surface area contributed by atoms with Crippen molar-refractivity contribution in [3.05, 3.63) is 28.4 Å². The van der Waals surface area contributed by atoms with Gasteiger partial charge in [-0.1, -0.05) is 0 Å². The third kappa shape index (κ3) is 3.16. The summed E-state index contributed by atoms with van der Waals surface area (Å²) in [6.07, 6.45) is 1.72. The Morgan fingerprint density at radius 1 is 1.52 bits per heavy atom. The Labute approximate surface area is 120 Å². The Bertz CT molecular complexity index is 657. The lowest BCUT2D eigenvalue weighted by Gasteiger charge is -2.22. The highest BCUT2D eigenvalue weighted by molar-refractivity contribution is 7.89. The molecular formula is C11H13N3O6S. The number of rotatable bonds is 5. The molecule has 1 unspecified atom stereocenters. The predicted molar refractivity (Wildman–Crippen MR) is 70.1 cm³/mol. The maximum absolute atomic E-state index is 12.4. The van der Waals surface area contributed by atoms with Crippen LogP contribution in [0, 0.1) is 10.1 Å². The van der Waals surface area contributed by atoms with Gasteiger partial charge in [-0.3, -0.25) is 4.79 Å². The number of sulfonamides is 1. The molecule has 1 saturated heterocycles. The van der Waals surface area contributed by atoms with E-state index in [1.165, 1.54) is 0 Å². The molecule has 1 atom stereocenters. The SMILES string of the molecule is O=C(O)CC1CCCN1S(=O)(=O)c1ccc([N+](=O)[O-])nc1. The maximum atomic E-state index is 12.4. The van der Waals surface area contributed by atoms with Gasteiger partial charge in [0.2, 0.25) is 10.0 Å². The van der Waals surface area contributed by atoms with Crippen molar-refractivity contribution in [2.75, 3.05) is 6.54 Å². The minimum atomic E-state index is -3.89. The van der Waals surface area contributed by atoms with Gasteiger partial charge < -0.3 is 15.2 Å². The minimum absolute atomic E-state index is 0.176. The molecule has 0 bridgehead atoms. The van der Waals surface area contributed by atoms with Crippen LogP contribution in [0.5, 0.6) is 0 Å². The van der Waals surface area contributed by atoms with Crippen LogP contribution in [0.4, 0.5) is 5.82 Å². The van der Waals surface area contributed by atoms with Crippen molar-refractivity contribution in [3.63, 3.8) is 0 Å². The number of aromatic nitrogens is 1. The zero-order chi connectivity index (χ0) is 15.6. The van der Waals surface area contributed by atoms with E-state index in [0.717, 1.165) is 22.6 Å². The zero-order valence-corrected chi connectivity index (χ0v) is 11.7. The second kappa shape index (κ2) is 5.74. The number of carboxylic acid groups (broad SMARTS) is 1. The van der Waals surface area contributed by atoms with Crippen molar-refractivity contribution < 1.29 is 23.2 Å². The minimum Gasteiger partial charge on any atom is -0.481 e. The fraction of sp³-hybridized carbons (Fsp3) is 0.455. The normalized spacial score (nSPS) is 19.5. The largest absolute Gasteiger partial charge is 0.481 e. The molecule has 1 aliphatic heterocycles. The van der Waals surface area contributed by atoms with Crippen molar-refractivity contribution in [1.29, 1.82) is 0 Å². The first-order chi connectivity index (χ1) is 9.82. The maximum Gasteiger partial charge on any atom is 0.363 e. The number of pyridine rings is 1. The Morgan fingerprint density at radius 2 is 2.24 bits per heavy atom. The molecule has 1 aromatic rings. The van der Waals surface area contributed by atoms with E-state index in [1.807, 2.05) is 0 Å². The third-order valence-electron chi connectivity index (χ3n) is 3.25. The smallest absolute Gasteiger partial charge is 0.363 e. The molecule has 0 aromatic carbocycles. The van der Waals surface area contributed by atoms with Crippen molar-refractivity contribution in [1.82, 2.24) is 9.29 Å². The second-order valence-corrected chi connectivity index (χ2v) is 6.51. The van der Waals surface area contributed by atoms with E-state index in [-0.39, 0.29) is 17.9 Å². The van der Waals surface area contributed by atoms with Crippen LogP contribution in [0.15, 0.2) is 23.2 Å². The fourth-order valence-corrected chi connectivity index (χ4v) is 3.94. The van der Waals surface area contributed by atoms with Gasteiger partial charge in [0, 0.05) is 18.7 Å². The fourth-order valence-electron chi connectivity index (χ4n) is 2.30. The lowest BCUT2D eigenvalue weighted by Crippen LogP contribution is -2.36. The van der Waals surface area contributed by atoms with Gasteiger partial charge >= 0.3 is 11.8 Å². The van der Waals surface area contributed by atoms with Gasteiger partial charge in [-0.05, 0) is 28.8 Å². The molecule has 1 aromatic heterocycles. The first kappa shape index (κ1) is 15.3. The Morgan fingerprint density at radius 3 is 2.76 bits per heavy atom. The third-order valence-corrected chi connectivity index (χ3v) is 5.18. The molecule has 0 saturated carbocycles. The summed E-state index contributed by atoms with van der Waals surface area (Å²) >= 11 is 0. The first-order valence-corrected chi connectivity index (χ1v) is 7.60. The molecular weight excluding hydrogens is 302 g/mol. The topological polar surface area (TPSA) is 131 Å². The average Bonchev–Trinajstić information content (AvgIpc) is 2.86. The summed E-state index contributed by atoms with van der Waals surface area (Å²) < 4.78 is 26.0. The molecule has 1 fully saturated rings. The van der Waals surface area contributed by atoms with E-state index >= 15 is 0 Å². The Kier molecular flexibility index (Phi) is 4.19. The first-order valence-electron chi connectivity index (χ1n) is 6.16. The molecule has 1 aliphatic rings. The molecule has 9 nitrogen and oxygen atoms in total. The molecule has 0 aliphatic carbocycles. The van der Waals surface area contributed by atoms with E-state index in [9.17, 15) is 23.3 Å². The molecule has 2 heterocycles. The van der Waals surface area contributed by atoms with Gasteiger partial charge in [0.05, 0.1) is 6.42 Å². The van der Waals surface area contributed by atoms with Gasteiger partial charge in [-0.15, -0.1) is 0 Å². The Balaban J connectivity index is 2.28. The number of carboxylic acids is 1. The van der Waals surface area contributed by atoms with Gasteiger partial charge in [0.1, 0.15) is 4.90 Å². The monoisotopic (exact) mass is 315 g/mol. The number of aliphatic carboxylic acids is 1. The van der Waals surface area contributed by atoms with Gasteiger partial charge in [0.25, 0.3) is 0 Å². The van der Waals surface area contributed by atoms with Crippen LogP contribution in [0.3, 0.4) is 0 Å². The van der Waals surface area contributed by atoms with E-state index < -0.39 is 32.8 Å². The highest BCUT2D eigenvalue weighted by Gasteiger charge is 2.37. The molecule has 10 heteroatoms. The lowest BCUT2D eigenvalue weighted by molar-refractivity contribution is -0.389. The molecule has 0 amide bonds. The summed E-state index contributed by atoms with van der Waals surface area (Å²) in [6.45, 7) is 0.233. The standard InChI is InChI=1S/C11H13N3O6S/c15-11(16)6-8-2-1-5-13(8)21(19,20)9-3-4-10(12-7-9)14(17)18/h3-4,7-8H,1-2,5-6H2,(H,15,16). The number of hydrogen-bond acceptors (Lipinski definition) is 6. The summed E-state index contributed by atoms with van der Waals surface area (Å²) in [7, 11) is -3.89. The van der Waals surface area contributed by atoms with Crippen LogP contribution in [-0.4, -0.2) is 46.3 Å². The van der Waals surface area contributed by atoms with Gasteiger partial charge in [0.15, 0.2) is 6.20 Å². The van der Waals surface area contributed by atoms with Gasteiger partial charge in [-0.25, -0.2) is 8.42 Å². The molecule has 0 radical (unpaired) electrons. The number of carbonyl (C=O) groups is 1. The van der Waals surface area contributed by atoms with E-state index in [2.05, 4.69) is 4.98 Å². The van der Waals surface area contributed by atoms with Crippen LogP contribution < -0.4 is 0 Å². The number of hydrogen-bond donors (Lipinski definition) is 1. The van der Waals surface area contributed by atoms with Crippen LogP contribution in [0.2, 0.25) is 0 Å². The molecule has 0 spiro atoms.